The minimum atomic E-state index is -0.0397. The van der Waals surface area contributed by atoms with E-state index in [1.54, 1.807) is 7.05 Å². The number of nitrogens with zero attached hydrogens (tertiary/aromatic N) is 2. The van der Waals surface area contributed by atoms with Crippen LogP contribution >= 0.6 is 11.3 Å². The lowest BCUT2D eigenvalue weighted by Gasteiger charge is -2.30. The average molecular weight is 310 g/mol. The maximum absolute atomic E-state index is 12.0. The summed E-state index contributed by atoms with van der Waals surface area (Å²) in [5.41, 5.74) is 0.960. The van der Waals surface area contributed by atoms with Gasteiger partial charge in [0.25, 0.3) is 0 Å². The van der Waals surface area contributed by atoms with Gasteiger partial charge in [0.1, 0.15) is 0 Å². The Morgan fingerprint density at radius 2 is 2.00 bits per heavy atom. The smallest absolute Gasteiger partial charge is 0.240 e. The van der Waals surface area contributed by atoms with Crippen molar-refractivity contribution in [3.63, 3.8) is 0 Å². The molecule has 2 heterocycles. The highest BCUT2D eigenvalue weighted by atomic mass is 32.1. The summed E-state index contributed by atoms with van der Waals surface area (Å²) < 4.78 is 0. The Kier molecular flexibility index (Phi) is 5.30. The molecule has 1 aliphatic heterocycles. The SMILES string of the molecule is CNC(=O)C1CCN(CC(=O)Nc2nc(C)c(C)s2)CC1. The van der Waals surface area contributed by atoms with Gasteiger partial charge in [-0.2, -0.15) is 0 Å². The van der Waals surface area contributed by atoms with Crippen LogP contribution in [0.25, 0.3) is 0 Å². The van der Waals surface area contributed by atoms with Gasteiger partial charge in [0.15, 0.2) is 5.13 Å². The largest absolute Gasteiger partial charge is 0.359 e. The van der Waals surface area contributed by atoms with Gasteiger partial charge < -0.3 is 10.6 Å². The van der Waals surface area contributed by atoms with E-state index in [9.17, 15) is 9.59 Å². The van der Waals surface area contributed by atoms with Gasteiger partial charge in [-0.25, -0.2) is 4.98 Å². The number of aryl methyl sites for hydroxylation is 2. The van der Waals surface area contributed by atoms with Crippen LogP contribution in [0.4, 0.5) is 5.13 Å². The summed E-state index contributed by atoms with van der Waals surface area (Å²) in [5, 5.41) is 6.19. The van der Waals surface area contributed by atoms with Crippen LogP contribution in [0.2, 0.25) is 0 Å². The number of piperidine rings is 1. The minimum Gasteiger partial charge on any atom is -0.359 e. The van der Waals surface area contributed by atoms with E-state index in [4.69, 9.17) is 0 Å². The first-order valence-electron chi connectivity index (χ1n) is 7.17. The zero-order valence-electron chi connectivity index (χ0n) is 12.7. The Morgan fingerprint density at radius 1 is 1.33 bits per heavy atom. The number of amides is 2. The molecule has 0 aromatic carbocycles. The van der Waals surface area contributed by atoms with Crippen molar-refractivity contribution in [3.8, 4) is 0 Å². The van der Waals surface area contributed by atoms with Crippen LogP contribution in [0.1, 0.15) is 23.4 Å². The lowest BCUT2D eigenvalue weighted by molar-refractivity contribution is -0.126. The van der Waals surface area contributed by atoms with Crippen molar-refractivity contribution in [1.29, 1.82) is 0 Å². The van der Waals surface area contributed by atoms with Crippen LogP contribution in [0, 0.1) is 19.8 Å². The molecule has 0 bridgehead atoms. The lowest BCUT2D eigenvalue weighted by atomic mass is 9.96. The number of carbonyl (C=O) groups is 2. The quantitative estimate of drug-likeness (QED) is 0.875. The summed E-state index contributed by atoms with van der Waals surface area (Å²) in [5.74, 6) is 0.147. The molecule has 21 heavy (non-hydrogen) atoms. The third-order valence-corrected chi connectivity index (χ3v) is 4.84. The Hall–Kier alpha value is -1.47. The topological polar surface area (TPSA) is 74.3 Å². The second kappa shape index (κ2) is 7.00. The summed E-state index contributed by atoms with van der Waals surface area (Å²) in [4.78, 5) is 31.1. The van der Waals surface area contributed by atoms with E-state index >= 15 is 0 Å². The molecule has 7 heteroatoms. The molecule has 116 valence electrons. The van der Waals surface area contributed by atoms with Crippen molar-refractivity contribution < 1.29 is 9.59 Å². The van der Waals surface area contributed by atoms with Gasteiger partial charge in [-0.15, -0.1) is 11.3 Å². The van der Waals surface area contributed by atoms with Crippen LogP contribution < -0.4 is 10.6 Å². The van der Waals surface area contributed by atoms with E-state index in [2.05, 4.69) is 20.5 Å². The fourth-order valence-corrected chi connectivity index (χ4v) is 3.28. The standard InChI is InChI=1S/C14H22N4O2S/c1-9-10(2)21-14(16-9)17-12(19)8-18-6-4-11(5-7-18)13(20)15-3/h11H,4-8H2,1-3H3,(H,15,20)(H,16,17,19). The van der Waals surface area contributed by atoms with E-state index in [0.717, 1.165) is 36.5 Å². The van der Waals surface area contributed by atoms with Gasteiger partial charge in [0.05, 0.1) is 12.2 Å². The van der Waals surface area contributed by atoms with E-state index in [1.807, 2.05) is 13.8 Å². The maximum atomic E-state index is 12.0. The zero-order valence-corrected chi connectivity index (χ0v) is 13.5. The van der Waals surface area contributed by atoms with Crippen molar-refractivity contribution >= 4 is 28.3 Å². The summed E-state index contributed by atoms with van der Waals surface area (Å²) >= 11 is 1.50. The number of aromatic nitrogens is 1. The molecule has 1 fully saturated rings. The second-order valence-electron chi connectivity index (χ2n) is 5.37. The minimum absolute atomic E-state index is 0.0397. The van der Waals surface area contributed by atoms with E-state index in [-0.39, 0.29) is 17.7 Å². The molecular formula is C14H22N4O2S. The molecule has 1 aliphatic rings. The predicted molar refractivity (Wildman–Crippen MR) is 83.4 cm³/mol. The summed E-state index contributed by atoms with van der Waals surface area (Å²) in [7, 11) is 1.67. The maximum Gasteiger partial charge on any atom is 0.240 e. The molecule has 0 spiro atoms. The molecule has 1 aromatic heterocycles. The summed E-state index contributed by atoms with van der Waals surface area (Å²) in [6.45, 7) is 5.85. The third kappa shape index (κ3) is 4.25. The zero-order chi connectivity index (χ0) is 15.4. The van der Waals surface area contributed by atoms with Crippen molar-refractivity contribution in [3.05, 3.63) is 10.6 Å². The highest BCUT2D eigenvalue weighted by molar-refractivity contribution is 7.15. The first-order valence-corrected chi connectivity index (χ1v) is 7.99. The van der Waals surface area contributed by atoms with Crippen LogP contribution in [0.5, 0.6) is 0 Å². The Bertz CT molecular complexity index is 502. The van der Waals surface area contributed by atoms with E-state index < -0.39 is 0 Å². The number of carbonyl (C=O) groups excluding carboxylic acids is 2. The van der Waals surface area contributed by atoms with Gasteiger partial charge >= 0.3 is 0 Å². The Balaban J connectivity index is 1.78. The molecule has 2 rings (SSSR count). The Morgan fingerprint density at radius 3 is 2.52 bits per heavy atom. The van der Waals surface area contributed by atoms with Crippen molar-refractivity contribution in [2.75, 3.05) is 32.0 Å². The third-order valence-electron chi connectivity index (χ3n) is 3.85. The first kappa shape index (κ1) is 15.9. The first-order chi connectivity index (χ1) is 9.99. The molecule has 6 nitrogen and oxygen atoms in total. The summed E-state index contributed by atoms with van der Waals surface area (Å²) in [6, 6.07) is 0. The van der Waals surface area contributed by atoms with Gasteiger partial charge in [0, 0.05) is 17.8 Å². The summed E-state index contributed by atoms with van der Waals surface area (Å²) in [6.07, 6.45) is 1.62. The number of thiazole rings is 1. The van der Waals surface area contributed by atoms with Crippen LogP contribution in [0.15, 0.2) is 0 Å². The second-order valence-corrected chi connectivity index (χ2v) is 6.58. The highest BCUT2D eigenvalue weighted by Crippen LogP contribution is 2.21. The van der Waals surface area contributed by atoms with Crippen molar-refractivity contribution in [2.24, 2.45) is 5.92 Å². The number of nitrogens with one attached hydrogen (secondary N) is 2. The molecule has 1 saturated heterocycles. The monoisotopic (exact) mass is 310 g/mol. The van der Waals surface area contributed by atoms with Crippen molar-refractivity contribution in [2.45, 2.75) is 26.7 Å². The predicted octanol–water partition coefficient (Wildman–Crippen LogP) is 1.16. The molecule has 0 radical (unpaired) electrons. The highest BCUT2D eigenvalue weighted by Gasteiger charge is 2.25. The van der Waals surface area contributed by atoms with Gasteiger partial charge in [-0.1, -0.05) is 0 Å². The number of likely N-dealkylation sites (tertiary alicyclic amines) is 1. The van der Waals surface area contributed by atoms with Crippen LogP contribution in [-0.4, -0.2) is 48.4 Å². The molecule has 0 unspecified atom stereocenters. The molecular weight excluding hydrogens is 288 g/mol. The Labute approximate surface area is 128 Å². The fraction of sp³-hybridized carbons (Fsp3) is 0.643. The van der Waals surface area contributed by atoms with Crippen molar-refractivity contribution in [1.82, 2.24) is 15.2 Å². The molecule has 2 amide bonds. The number of hydrogen-bond acceptors (Lipinski definition) is 5. The van der Waals surface area contributed by atoms with Crippen LogP contribution in [-0.2, 0) is 9.59 Å². The number of rotatable bonds is 4. The fourth-order valence-electron chi connectivity index (χ4n) is 2.45. The normalized spacial score (nSPS) is 16.7. The molecule has 0 atom stereocenters. The number of hydrogen-bond donors (Lipinski definition) is 2. The van der Waals surface area contributed by atoms with E-state index in [0.29, 0.717) is 11.7 Å². The van der Waals surface area contributed by atoms with Gasteiger partial charge in [0.2, 0.25) is 11.8 Å². The van der Waals surface area contributed by atoms with Gasteiger partial charge in [-0.3, -0.25) is 14.5 Å². The van der Waals surface area contributed by atoms with E-state index in [1.165, 1.54) is 11.3 Å². The molecule has 2 N–H and O–H groups in total. The average Bonchev–Trinajstić information content (AvgIpc) is 2.77. The number of anilines is 1. The lowest BCUT2D eigenvalue weighted by Crippen LogP contribution is -2.42. The molecule has 0 saturated carbocycles. The molecule has 1 aromatic rings. The van der Waals surface area contributed by atoms with Gasteiger partial charge in [-0.05, 0) is 39.8 Å². The molecule has 0 aliphatic carbocycles. The van der Waals surface area contributed by atoms with Crippen LogP contribution in [0.3, 0.4) is 0 Å².